The summed E-state index contributed by atoms with van der Waals surface area (Å²) in [5.41, 5.74) is 5.24. The van der Waals surface area contributed by atoms with Crippen molar-refractivity contribution >= 4 is 15.7 Å². The van der Waals surface area contributed by atoms with Gasteiger partial charge in [-0.15, -0.1) is 0 Å². The van der Waals surface area contributed by atoms with Gasteiger partial charge in [0.15, 0.2) is 0 Å². The number of nitrogens with two attached hydrogens (primary N) is 1. The number of rotatable bonds is 6. The highest BCUT2D eigenvalue weighted by atomic mass is 32.2. The number of nitrogens with one attached hydrogen (secondary N) is 1. The van der Waals surface area contributed by atoms with Gasteiger partial charge in [0.2, 0.25) is 10.0 Å². The minimum atomic E-state index is -3.69. The van der Waals surface area contributed by atoms with Crippen molar-refractivity contribution in [1.29, 1.82) is 0 Å². The van der Waals surface area contributed by atoms with Crippen LogP contribution in [0, 0.1) is 5.82 Å². The molecule has 0 heterocycles. The zero-order valence-electron chi connectivity index (χ0n) is 11.4. The molecule has 1 aromatic rings. The molecule has 0 unspecified atom stereocenters. The fourth-order valence-electron chi connectivity index (χ4n) is 1.37. The van der Waals surface area contributed by atoms with Crippen molar-refractivity contribution in [3.05, 3.63) is 24.0 Å². The minimum Gasteiger partial charge on any atom is -0.396 e. The van der Waals surface area contributed by atoms with Crippen LogP contribution in [0.4, 0.5) is 10.1 Å². The number of nitrogen functional groups attached to an aromatic ring is 1. The van der Waals surface area contributed by atoms with Crippen LogP contribution in [0.2, 0.25) is 0 Å². The number of benzene rings is 1. The third-order valence-electron chi connectivity index (χ3n) is 2.92. The number of hydrogen-bond donors (Lipinski definition) is 2. The maximum absolute atomic E-state index is 13.2. The summed E-state index contributed by atoms with van der Waals surface area (Å²) in [7, 11) is -1.79. The molecule has 0 spiro atoms. The molecule has 5 nitrogen and oxygen atoms in total. The first-order valence-corrected chi connectivity index (χ1v) is 7.47. The Bertz CT molecular complexity index is 532. The van der Waals surface area contributed by atoms with E-state index in [1.165, 1.54) is 12.1 Å². The predicted molar refractivity (Wildman–Crippen MR) is 73.8 cm³/mol. The monoisotopic (exact) mass is 289 g/mol. The van der Waals surface area contributed by atoms with Crippen LogP contribution in [-0.2, 0) is 10.0 Å². The van der Waals surface area contributed by atoms with Crippen LogP contribution in [-0.4, -0.2) is 39.5 Å². The highest BCUT2D eigenvalue weighted by Crippen LogP contribution is 2.15. The normalized spacial score (nSPS) is 12.3. The number of halogens is 1. The van der Waals surface area contributed by atoms with E-state index in [2.05, 4.69) is 4.72 Å². The number of anilines is 1. The quantitative estimate of drug-likeness (QED) is 0.767. The van der Waals surface area contributed by atoms with Crippen molar-refractivity contribution < 1.29 is 12.8 Å². The first kappa shape index (κ1) is 15.9. The van der Waals surface area contributed by atoms with E-state index in [4.69, 9.17) is 5.73 Å². The third kappa shape index (κ3) is 4.45. The second-order valence-electron chi connectivity index (χ2n) is 4.66. The smallest absolute Gasteiger partial charge is 0.240 e. The molecule has 0 fully saturated rings. The van der Waals surface area contributed by atoms with E-state index in [0.29, 0.717) is 12.6 Å². The van der Waals surface area contributed by atoms with E-state index in [1.807, 2.05) is 25.8 Å². The van der Waals surface area contributed by atoms with Crippen LogP contribution >= 0.6 is 0 Å². The number of likely N-dealkylation sites (N-methyl/N-ethyl adjacent to an activating group) is 1. The van der Waals surface area contributed by atoms with Gasteiger partial charge in [-0.1, -0.05) is 0 Å². The summed E-state index contributed by atoms with van der Waals surface area (Å²) in [6, 6.07) is 3.78. The van der Waals surface area contributed by atoms with Crippen molar-refractivity contribution in [3.8, 4) is 0 Å². The number of nitrogens with zero attached hydrogens (tertiary/aromatic N) is 1. The zero-order chi connectivity index (χ0) is 14.6. The molecule has 19 heavy (non-hydrogen) atoms. The molecule has 0 saturated heterocycles. The van der Waals surface area contributed by atoms with Gasteiger partial charge in [-0.3, -0.25) is 0 Å². The van der Waals surface area contributed by atoms with Crippen molar-refractivity contribution in [2.24, 2.45) is 0 Å². The van der Waals surface area contributed by atoms with Crippen molar-refractivity contribution in [2.75, 3.05) is 25.9 Å². The predicted octanol–water partition coefficient (Wildman–Crippen LogP) is 1.03. The molecule has 0 aliphatic carbocycles. The van der Waals surface area contributed by atoms with E-state index < -0.39 is 15.8 Å². The van der Waals surface area contributed by atoms with Crippen LogP contribution in [0.1, 0.15) is 13.8 Å². The molecule has 7 heteroatoms. The summed E-state index contributed by atoms with van der Waals surface area (Å²) in [6.07, 6.45) is 0. The van der Waals surface area contributed by atoms with Gasteiger partial charge in [0.05, 0.1) is 10.6 Å². The highest BCUT2D eigenvalue weighted by Gasteiger charge is 2.15. The van der Waals surface area contributed by atoms with Gasteiger partial charge in [-0.25, -0.2) is 17.5 Å². The van der Waals surface area contributed by atoms with Crippen LogP contribution in [0.3, 0.4) is 0 Å². The Balaban J connectivity index is 2.68. The van der Waals surface area contributed by atoms with E-state index >= 15 is 0 Å². The lowest BCUT2D eigenvalue weighted by atomic mass is 10.3. The van der Waals surface area contributed by atoms with Crippen molar-refractivity contribution in [1.82, 2.24) is 9.62 Å². The molecule has 0 amide bonds. The molecule has 0 atom stereocenters. The Morgan fingerprint density at radius 2 is 2.05 bits per heavy atom. The van der Waals surface area contributed by atoms with Crippen LogP contribution in [0.15, 0.2) is 23.1 Å². The Hall–Kier alpha value is -1.18. The summed E-state index contributed by atoms with van der Waals surface area (Å²) in [6.45, 7) is 4.88. The van der Waals surface area contributed by atoms with Gasteiger partial charge in [0.25, 0.3) is 0 Å². The first-order valence-electron chi connectivity index (χ1n) is 5.99. The molecule has 0 aliphatic heterocycles. The molecule has 1 aromatic carbocycles. The lowest BCUT2D eigenvalue weighted by Gasteiger charge is -2.20. The highest BCUT2D eigenvalue weighted by molar-refractivity contribution is 7.89. The summed E-state index contributed by atoms with van der Waals surface area (Å²) >= 11 is 0. The van der Waals surface area contributed by atoms with Gasteiger partial charge in [0.1, 0.15) is 5.82 Å². The van der Waals surface area contributed by atoms with Gasteiger partial charge in [0, 0.05) is 19.1 Å². The van der Waals surface area contributed by atoms with Gasteiger partial charge >= 0.3 is 0 Å². The first-order chi connectivity index (χ1) is 8.74. The Morgan fingerprint density at radius 3 is 2.58 bits per heavy atom. The molecule has 3 N–H and O–H groups in total. The number of sulfonamides is 1. The Labute approximate surface area is 113 Å². The minimum absolute atomic E-state index is 0.0708. The fourth-order valence-corrected chi connectivity index (χ4v) is 2.41. The molecule has 1 rings (SSSR count). The summed E-state index contributed by atoms with van der Waals surface area (Å²) in [4.78, 5) is 1.89. The van der Waals surface area contributed by atoms with Crippen LogP contribution < -0.4 is 10.5 Å². The van der Waals surface area contributed by atoms with Crippen molar-refractivity contribution in [2.45, 2.75) is 24.8 Å². The standard InChI is InChI=1S/C12H20FN3O2S/c1-9(2)16(3)7-6-15-19(17,18)10-4-5-12(14)11(13)8-10/h4-5,8-9,15H,6-7,14H2,1-3H3. The topological polar surface area (TPSA) is 75.4 Å². The van der Waals surface area contributed by atoms with E-state index in [0.717, 1.165) is 6.07 Å². The second-order valence-corrected chi connectivity index (χ2v) is 6.42. The lowest BCUT2D eigenvalue weighted by molar-refractivity contribution is 0.278. The van der Waals surface area contributed by atoms with E-state index in [1.54, 1.807) is 0 Å². The fraction of sp³-hybridized carbons (Fsp3) is 0.500. The molecule has 0 saturated carbocycles. The van der Waals surface area contributed by atoms with Gasteiger partial charge in [-0.05, 0) is 39.1 Å². The molecule has 0 bridgehead atoms. The van der Waals surface area contributed by atoms with Crippen molar-refractivity contribution in [3.63, 3.8) is 0 Å². The molecule has 108 valence electrons. The average Bonchev–Trinajstić information content (AvgIpc) is 2.32. The Kier molecular flexibility index (Phi) is 5.28. The van der Waals surface area contributed by atoms with E-state index in [-0.39, 0.29) is 17.1 Å². The lowest BCUT2D eigenvalue weighted by Crippen LogP contribution is -2.36. The SMILES string of the molecule is CC(C)N(C)CCNS(=O)(=O)c1ccc(N)c(F)c1. The van der Waals surface area contributed by atoms with Gasteiger partial charge < -0.3 is 10.6 Å². The largest absolute Gasteiger partial charge is 0.396 e. The zero-order valence-corrected chi connectivity index (χ0v) is 12.2. The maximum Gasteiger partial charge on any atom is 0.240 e. The summed E-state index contributed by atoms with van der Waals surface area (Å²) in [5, 5.41) is 0. The summed E-state index contributed by atoms with van der Waals surface area (Å²) < 4.78 is 39.5. The third-order valence-corrected chi connectivity index (χ3v) is 4.38. The van der Waals surface area contributed by atoms with E-state index in [9.17, 15) is 12.8 Å². The molecular weight excluding hydrogens is 269 g/mol. The maximum atomic E-state index is 13.2. The van der Waals surface area contributed by atoms with Gasteiger partial charge in [-0.2, -0.15) is 0 Å². The molecule has 0 aromatic heterocycles. The molecule has 0 radical (unpaired) electrons. The average molecular weight is 289 g/mol. The van der Waals surface area contributed by atoms with Crippen LogP contribution in [0.25, 0.3) is 0 Å². The van der Waals surface area contributed by atoms with Crippen LogP contribution in [0.5, 0.6) is 0 Å². The second kappa shape index (κ2) is 6.31. The molecular formula is C12H20FN3O2S. The summed E-state index contributed by atoms with van der Waals surface area (Å²) in [5.74, 6) is -0.734. The Morgan fingerprint density at radius 1 is 1.42 bits per heavy atom. The molecule has 0 aliphatic rings. The number of hydrogen-bond acceptors (Lipinski definition) is 4.